The lowest BCUT2D eigenvalue weighted by molar-refractivity contribution is 0.0518. The van der Waals surface area contributed by atoms with Gasteiger partial charge in [-0.1, -0.05) is 6.42 Å². The number of nitrogens with zero attached hydrogens (tertiary/aromatic N) is 3. The lowest BCUT2D eigenvalue weighted by Crippen LogP contribution is -2.61. The molecule has 1 aromatic rings. The summed E-state index contributed by atoms with van der Waals surface area (Å²) in [5.74, 6) is 0.525. The highest BCUT2D eigenvalue weighted by Gasteiger charge is 2.51. The van der Waals surface area contributed by atoms with Crippen LogP contribution in [0.25, 0.3) is 0 Å². The van der Waals surface area contributed by atoms with Gasteiger partial charge >= 0.3 is 0 Å². The predicted octanol–water partition coefficient (Wildman–Crippen LogP) is 2.41. The second kappa shape index (κ2) is 6.06. The molecule has 0 radical (unpaired) electrons. The minimum atomic E-state index is -0.591. The number of pyridine rings is 1. The molecule has 1 aromatic heterocycles. The van der Waals surface area contributed by atoms with Crippen molar-refractivity contribution in [3.63, 3.8) is 0 Å². The van der Waals surface area contributed by atoms with E-state index in [1.165, 1.54) is 56.8 Å². The summed E-state index contributed by atoms with van der Waals surface area (Å²) in [4.78, 5) is 20.4. The van der Waals surface area contributed by atoms with E-state index in [9.17, 15) is 9.18 Å². The SMILES string of the molecule is O=C(c1ccnc(F)c1)N1CC2(CC(N3CCCCC3)CS2)C1. The average molecular weight is 335 g/mol. The predicted molar refractivity (Wildman–Crippen MR) is 89.1 cm³/mol. The number of halogens is 1. The van der Waals surface area contributed by atoms with Crippen LogP contribution in [0.1, 0.15) is 36.0 Å². The van der Waals surface area contributed by atoms with Crippen molar-refractivity contribution in [3.8, 4) is 0 Å². The molecular weight excluding hydrogens is 313 g/mol. The van der Waals surface area contributed by atoms with E-state index in [1.807, 2.05) is 16.7 Å². The fourth-order valence-electron chi connectivity index (χ4n) is 4.07. The Balaban J connectivity index is 1.35. The molecule has 0 N–H and O–H groups in total. The Morgan fingerprint density at radius 1 is 1.30 bits per heavy atom. The van der Waals surface area contributed by atoms with Gasteiger partial charge in [-0.3, -0.25) is 9.69 Å². The third-order valence-electron chi connectivity index (χ3n) is 5.32. The average Bonchev–Trinajstić information content (AvgIpc) is 2.99. The minimum Gasteiger partial charge on any atom is -0.336 e. The molecule has 23 heavy (non-hydrogen) atoms. The number of amides is 1. The first-order valence-electron chi connectivity index (χ1n) is 8.44. The molecule has 1 amide bonds. The van der Waals surface area contributed by atoms with Crippen LogP contribution < -0.4 is 0 Å². The Hall–Kier alpha value is -1.14. The third kappa shape index (κ3) is 2.98. The monoisotopic (exact) mass is 335 g/mol. The topological polar surface area (TPSA) is 36.4 Å². The van der Waals surface area contributed by atoms with Crippen LogP contribution in [-0.2, 0) is 0 Å². The van der Waals surface area contributed by atoms with Gasteiger partial charge in [-0.05, 0) is 38.4 Å². The highest BCUT2D eigenvalue weighted by atomic mass is 32.2. The first kappa shape index (κ1) is 15.4. The maximum Gasteiger partial charge on any atom is 0.254 e. The number of rotatable bonds is 2. The maximum atomic E-state index is 13.2. The molecule has 0 aliphatic carbocycles. The fourth-order valence-corrected chi connectivity index (χ4v) is 5.75. The quantitative estimate of drug-likeness (QED) is 0.778. The largest absolute Gasteiger partial charge is 0.336 e. The summed E-state index contributed by atoms with van der Waals surface area (Å²) in [6.07, 6.45) is 6.56. The smallest absolute Gasteiger partial charge is 0.254 e. The molecule has 4 heterocycles. The van der Waals surface area contributed by atoms with Gasteiger partial charge in [0.25, 0.3) is 5.91 Å². The maximum absolute atomic E-state index is 13.2. The number of thioether (sulfide) groups is 1. The van der Waals surface area contributed by atoms with E-state index in [0.29, 0.717) is 11.6 Å². The van der Waals surface area contributed by atoms with Gasteiger partial charge < -0.3 is 4.90 Å². The van der Waals surface area contributed by atoms with Crippen molar-refractivity contribution in [3.05, 3.63) is 29.8 Å². The van der Waals surface area contributed by atoms with Gasteiger partial charge in [0.05, 0.1) is 4.75 Å². The van der Waals surface area contributed by atoms with Crippen LogP contribution in [0.4, 0.5) is 4.39 Å². The zero-order valence-electron chi connectivity index (χ0n) is 13.2. The highest BCUT2D eigenvalue weighted by molar-refractivity contribution is 8.01. The Kier molecular flexibility index (Phi) is 4.05. The van der Waals surface area contributed by atoms with E-state index in [2.05, 4.69) is 9.88 Å². The van der Waals surface area contributed by atoms with Crippen molar-refractivity contribution >= 4 is 17.7 Å². The highest BCUT2D eigenvalue weighted by Crippen LogP contribution is 2.47. The van der Waals surface area contributed by atoms with E-state index < -0.39 is 5.95 Å². The molecule has 124 valence electrons. The van der Waals surface area contributed by atoms with Crippen LogP contribution in [0.3, 0.4) is 0 Å². The number of likely N-dealkylation sites (tertiary alicyclic amines) is 2. The second-order valence-corrected chi connectivity index (χ2v) is 8.47. The van der Waals surface area contributed by atoms with Crippen LogP contribution in [-0.4, -0.2) is 63.4 Å². The molecule has 1 atom stereocenters. The Labute approximate surface area is 140 Å². The van der Waals surface area contributed by atoms with Gasteiger partial charge in [0.1, 0.15) is 0 Å². The van der Waals surface area contributed by atoms with Crippen molar-refractivity contribution in [2.75, 3.05) is 31.9 Å². The minimum absolute atomic E-state index is 0.0704. The molecular formula is C17H22FN3OS. The van der Waals surface area contributed by atoms with Crippen molar-refractivity contribution in [2.24, 2.45) is 0 Å². The molecule has 3 aliphatic rings. The Morgan fingerprint density at radius 2 is 2.09 bits per heavy atom. The molecule has 3 aliphatic heterocycles. The molecule has 3 fully saturated rings. The van der Waals surface area contributed by atoms with E-state index in [-0.39, 0.29) is 10.7 Å². The van der Waals surface area contributed by atoms with Gasteiger partial charge in [0.2, 0.25) is 5.95 Å². The van der Waals surface area contributed by atoms with E-state index in [4.69, 9.17) is 0 Å². The van der Waals surface area contributed by atoms with Crippen molar-refractivity contribution in [2.45, 2.75) is 36.5 Å². The van der Waals surface area contributed by atoms with Crippen LogP contribution in [0, 0.1) is 5.95 Å². The summed E-state index contributed by atoms with van der Waals surface area (Å²) in [6.45, 7) is 4.07. The second-order valence-electron chi connectivity index (χ2n) is 6.98. The zero-order chi connectivity index (χ0) is 15.9. The molecule has 6 heteroatoms. The normalized spacial score (nSPS) is 27.2. The summed E-state index contributed by atoms with van der Waals surface area (Å²) in [5, 5.41) is 0. The van der Waals surface area contributed by atoms with Crippen molar-refractivity contribution < 1.29 is 9.18 Å². The standard InChI is InChI=1S/C17H22FN3OS/c18-15-8-13(4-5-19-15)16(22)21-11-17(12-21)9-14(10-23-17)20-6-2-1-3-7-20/h4-5,8,14H,1-3,6-7,9-12H2. The van der Waals surface area contributed by atoms with Gasteiger partial charge in [-0.15, -0.1) is 11.8 Å². The number of carbonyl (C=O) groups excluding carboxylic acids is 1. The molecule has 0 aromatic carbocycles. The molecule has 4 nitrogen and oxygen atoms in total. The zero-order valence-corrected chi connectivity index (χ0v) is 14.0. The van der Waals surface area contributed by atoms with E-state index in [1.54, 1.807) is 6.07 Å². The summed E-state index contributed by atoms with van der Waals surface area (Å²) in [6, 6.07) is 3.50. The summed E-state index contributed by atoms with van der Waals surface area (Å²) >= 11 is 2.03. The van der Waals surface area contributed by atoms with Crippen LogP contribution >= 0.6 is 11.8 Å². The van der Waals surface area contributed by atoms with Gasteiger partial charge in [0, 0.05) is 42.7 Å². The first-order valence-corrected chi connectivity index (χ1v) is 9.43. The lowest BCUT2D eigenvalue weighted by Gasteiger charge is -2.48. The summed E-state index contributed by atoms with van der Waals surface area (Å²) < 4.78 is 13.4. The fraction of sp³-hybridized carbons (Fsp3) is 0.647. The van der Waals surface area contributed by atoms with Crippen LogP contribution in [0.5, 0.6) is 0 Å². The Morgan fingerprint density at radius 3 is 2.83 bits per heavy atom. The molecule has 4 rings (SSSR count). The molecule has 0 bridgehead atoms. The van der Waals surface area contributed by atoms with Gasteiger partial charge in [-0.25, -0.2) is 4.98 Å². The molecule has 0 saturated carbocycles. The van der Waals surface area contributed by atoms with E-state index in [0.717, 1.165) is 13.1 Å². The van der Waals surface area contributed by atoms with Crippen LogP contribution in [0.2, 0.25) is 0 Å². The van der Waals surface area contributed by atoms with E-state index >= 15 is 0 Å². The lowest BCUT2D eigenvalue weighted by atomic mass is 9.90. The molecule has 3 saturated heterocycles. The molecule has 1 spiro atoms. The Bertz CT molecular complexity index is 599. The van der Waals surface area contributed by atoms with Crippen molar-refractivity contribution in [1.82, 2.24) is 14.8 Å². The first-order chi connectivity index (χ1) is 11.2. The van der Waals surface area contributed by atoms with Crippen LogP contribution in [0.15, 0.2) is 18.3 Å². The summed E-state index contributed by atoms with van der Waals surface area (Å²) in [7, 11) is 0. The third-order valence-corrected chi connectivity index (χ3v) is 6.90. The van der Waals surface area contributed by atoms with Gasteiger partial charge in [-0.2, -0.15) is 4.39 Å². The summed E-state index contributed by atoms with van der Waals surface area (Å²) in [5.41, 5.74) is 0.405. The van der Waals surface area contributed by atoms with Crippen molar-refractivity contribution in [1.29, 1.82) is 0 Å². The number of hydrogen-bond acceptors (Lipinski definition) is 4. The number of carbonyl (C=O) groups is 1. The number of hydrogen-bond donors (Lipinski definition) is 0. The van der Waals surface area contributed by atoms with Gasteiger partial charge in [0.15, 0.2) is 0 Å². The molecule has 1 unspecified atom stereocenters. The number of piperidine rings is 1. The number of aromatic nitrogens is 1.